The fourth-order valence-electron chi connectivity index (χ4n) is 1.55. The van der Waals surface area contributed by atoms with E-state index in [9.17, 15) is 32.2 Å². The van der Waals surface area contributed by atoms with E-state index in [4.69, 9.17) is 4.74 Å². The van der Waals surface area contributed by atoms with Gasteiger partial charge in [0, 0.05) is 0 Å². The fourth-order valence-corrected chi connectivity index (χ4v) is 2.55. The summed E-state index contributed by atoms with van der Waals surface area (Å²) in [4.78, 5) is 0. The zero-order valence-corrected chi connectivity index (χ0v) is 12.2. The molecule has 0 amide bonds. The zero-order valence-electron chi connectivity index (χ0n) is 10.6. The minimum atomic E-state index is -4.00. The molecule has 1 fully saturated rings. The first-order valence-corrected chi connectivity index (χ1v) is 8.96. The summed E-state index contributed by atoms with van der Waals surface area (Å²) in [6, 6.07) is 0. The first-order valence-electron chi connectivity index (χ1n) is 5.33. The molecule has 12 heteroatoms. The van der Waals surface area contributed by atoms with Crippen LogP contribution in [0.4, 0.5) is 0 Å². The van der Waals surface area contributed by atoms with Gasteiger partial charge in [0.2, 0.25) is 0 Å². The van der Waals surface area contributed by atoms with E-state index < -0.39 is 57.5 Å². The molecule has 1 aliphatic heterocycles. The summed E-state index contributed by atoms with van der Waals surface area (Å²) in [6.07, 6.45) is -7.02. The molecule has 0 aromatic rings. The lowest BCUT2D eigenvalue weighted by Gasteiger charge is -2.39. The van der Waals surface area contributed by atoms with Crippen molar-refractivity contribution in [1.29, 1.82) is 0 Å². The van der Waals surface area contributed by atoms with Crippen LogP contribution in [-0.4, -0.2) is 82.0 Å². The molecule has 10 nitrogen and oxygen atoms in total. The lowest BCUT2D eigenvalue weighted by Crippen LogP contribution is -2.59. The van der Waals surface area contributed by atoms with E-state index in [1.807, 2.05) is 0 Å². The third-order valence-electron chi connectivity index (χ3n) is 2.39. The summed E-state index contributed by atoms with van der Waals surface area (Å²) < 4.78 is 57.1. The summed E-state index contributed by atoms with van der Waals surface area (Å²) in [5, 5.41) is 28.9. The van der Waals surface area contributed by atoms with Gasteiger partial charge in [-0.1, -0.05) is 0 Å². The number of aliphatic hydroxyl groups excluding tert-OH is 3. The van der Waals surface area contributed by atoms with E-state index in [0.29, 0.717) is 6.26 Å². The van der Waals surface area contributed by atoms with E-state index in [2.05, 4.69) is 8.37 Å². The van der Waals surface area contributed by atoms with Gasteiger partial charge in [0.05, 0.1) is 19.1 Å². The van der Waals surface area contributed by atoms with Gasteiger partial charge in [0.1, 0.15) is 18.3 Å². The molecule has 1 heterocycles. The Bertz CT molecular complexity index is 523. The minimum Gasteiger partial charge on any atom is -0.387 e. The molecule has 0 saturated carbocycles. The normalized spacial score (nSPS) is 36.0. The monoisotopic (exact) mass is 336 g/mol. The highest BCUT2D eigenvalue weighted by molar-refractivity contribution is 7.86. The van der Waals surface area contributed by atoms with Gasteiger partial charge >= 0.3 is 0 Å². The average Bonchev–Trinajstić information content (AvgIpc) is 2.25. The van der Waals surface area contributed by atoms with Crippen molar-refractivity contribution in [2.75, 3.05) is 19.1 Å². The van der Waals surface area contributed by atoms with Crippen molar-refractivity contribution >= 4 is 20.2 Å². The van der Waals surface area contributed by atoms with Crippen molar-refractivity contribution in [1.82, 2.24) is 0 Å². The highest BCUT2D eigenvalue weighted by Gasteiger charge is 2.46. The van der Waals surface area contributed by atoms with E-state index in [1.54, 1.807) is 0 Å². The summed E-state index contributed by atoms with van der Waals surface area (Å²) in [7, 11) is -7.81. The molecule has 1 saturated heterocycles. The summed E-state index contributed by atoms with van der Waals surface area (Å²) >= 11 is 0. The van der Waals surface area contributed by atoms with E-state index in [0.717, 1.165) is 6.26 Å². The molecule has 0 radical (unpaired) electrons. The van der Waals surface area contributed by atoms with Gasteiger partial charge < -0.3 is 20.1 Å². The van der Waals surface area contributed by atoms with Crippen LogP contribution in [0.3, 0.4) is 0 Å². The topological polar surface area (TPSA) is 157 Å². The van der Waals surface area contributed by atoms with E-state index >= 15 is 0 Å². The lowest BCUT2D eigenvalue weighted by atomic mass is 9.99. The molecule has 1 aliphatic rings. The van der Waals surface area contributed by atoms with Crippen molar-refractivity contribution in [2.45, 2.75) is 30.7 Å². The van der Waals surface area contributed by atoms with Gasteiger partial charge in [-0.2, -0.15) is 16.8 Å². The van der Waals surface area contributed by atoms with Crippen molar-refractivity contribution < 1.29 is 45.3 Å². The molecule has 1 rings (SSSR count). The van der Waals surface area contributed by atoms with E-state index in [-0.39, 0.29) is 0 Å². The Hall–Kier alpha value is -0.340. The first-order chi connectivity index (χ1) is 8.91. The minimum absolute atomic E-state index is 0.653. The van der Waals surface area contributed by atoms with Crippen molar-refractivity contribution in [2.24, 2.45) is 0 Å². The smallest absolute Gasteiger partial charge is 0.264 e. The maximum absolute atomic E-state index is 11.0. The summed E-state index contributed by atoms with van der Waals surface area (Å²) in [5.41, 5.74) is 0. The van der Waals surface area contributed by atoms with Gasteiger partial charge in [-0.25, -0.2) is 0 Å². The molecular weight excluding hydrogens is 320 g/mol. The second-order valence-electron chi connectivity index (χ2n) is 4.30. The largest absolute Gasteiger partial charge is 0.387 e. The van der Waals surface area contributed by atoms with Crippen LogP contribution in [0.2, 0.25) is 0 Å². The van der Waals surface area contributed by atoms with Crippen molar-refractivity contribution in [3.8, 4) is 0 Å². The quantitative estimate of drug-likeness (QED) is 0.435. The van der Waals surface area contributed by atoms with Crippen molar-refractivity contribution in [3.05, 3.63) is 0 Å². The molecule has 0 unspecified atom stereocenters. The van der Waals surface area contributed by atoms with Gasteiger partial charge in [0.25, 0.3) is 20.2 Å². The van der Waals surface area contributed by atoms with Crippen LogP contribution in [0.1, 0.15) is 0 Å². The van der Waals surface area contributed by atoms with Gasteiger partial charge in [-0.05, 0) is 0 Å². The van der Waals surface area contributed by atoms with Crippen LogP contribution in [0.5, 0.6) is 0 Å². The summed E-state index contributed by atoms with van der Waals surface area (Å²) in [5.74, 6) is 0. The third kappa shape index (κ3) is 5.21. The second kappa shape index (κ2) is 6.19. The Morgan fingerprint density at radius 1 is 1.00 bits per heavy atom. The maximum Gasteiger partial charge on any atom is 0.264 e. The summed E-state index contributed by atoms with van der Waals surface area (Å²) in [6.45, 7) is -0.653. The number of hydrogen-bond acceptors (Lipinski definition) is 10. The Labute approximate surface area is 116 Å². The van der Waals surface area contributed by atoms with Gasteiger partial charge in [-0.3, -0.25) is 8.37 Å². The Balaban J connectivity index is 2.76. The molecule has 0 bridgehead atoms. The van der Waals surface area contributed by atoms with Crippen LogP contribution >= 0.6 is 0 Å². The van der Waals surface area contributed by atoms with Gasteiger partial charge in [0.15, 0.2) is 12.4 Å². The van der Waals surface area contributed by atoms with Crippen LogP contribution in [-0.2, 0) is 33.3 Å². The predicted octanol–water partition coefficient (Wildman–Crippen LogP) is -3.25. The fraction of sp³-hybridized carbons (Fsp3) is 1.00. The Morgan fingerprint density at radius 2 is 1.55 bits per heavy atom. The molecular formula is C8H16O10S2. The molecule has 0 spiro atoms. The highest BCUT2D eigenvalue weighted by Crippen LogP contribution is 2.23. The predicted molar refractivity (Wildman–Crippen MR) is 63.4 cm³/mol. The number of ether oxygens (including phenoxy) is 1. The van der Waals surface area contributed by atoms with E-state index in [1.165, 1.54) is 0 Å². The molecule has 0 aromatic carbocycles. The molecule has 120 valence electrons. The Morgan fingerprint density at radius 3 is 2.00 bits per heavy atom. The maximum atomic E-state index is 11.0. The number of hydrogen-bond donors (Lipinski definition) is 3. The molecule has 5 atom stereocenters. The molecule has 0 aromatic heterocycles. The van der Waals surface area contributed by atoms with Crippen LogP contribution in [0.25, 0.3) is 0 Å². The number of aliphatic hydroxyl groups is 3. The Kier molecular flexibility index (Phi) is 5.48. The van der Waals surface area contributed by atoms with Crippen LogP contribution in [0, 0.1) is 0 Å². The lowest BCUT2D eigenvalue weighted by molar-refractivity contribution is -0.278. The first kappa shape index (κ1) is 17.7. The average molecular weight is 336 g/mol. The van der Waals surface area contributed by atoms with Crippen molar-refractivity contribution in [3.63, 3.8) is 0 Å². The molecule has 3 N–H and O–H groups in total. The van der Waals surface area contributed by atoms with Crippen LogP contribution in [0.15, 0.2) is 0 Å². The zero-order chi connectivity index (χ0) is 15.7. The number of rotatable bonds is 5. The van der Waals surface area contributed by atoms with Crippen LogP contribution < -0.4 is 0 Å². The SMILES string of the molecule is CS(=O)(=O)OC[C@@H]1O[C@@H](O)[C@H](OS(C)(=O)=O)[C@@H](O)[C@@H]1O. The highest BCUT2D eigenvalue weighted by atomic mass is 32.2. The molecule has 20 heavy (non-hydrogen) atoms. The third-order valence-corrected chi connectivity index (χ3v) is 3.53. The second-order valence-corrected chi connectivity index (χ2v) is 7.54. The molecule has 0 aliphatic carbocycles. The van der Waals surface area contributed by atoms with Gasteiger partial charge in [-0.15, -0.1) is 0 Å². The standard InChI is InChI=1S/C8H16O10S2/c1-19(12,13)16-3-4-5(9)6(10)7(8(11)17-4)18-20(2,14)15/h4-11H,3H2,1-2H3/t4-,5+,6-,7+,8+/m0/s1.